The van der Waals surface area contributed by atoms with E-state index in [9.17, 15) is 0 Å². The highest BCUT2D eigenvalue weighted by atomic mass is 15.2. The molecule has 0 unspecified atom stereocenters. The molecule has 0 aliphatic rings. The van der Waals surface area contributed by atoms with E-state index in [-0.39, 0.29) is 6.04 Å². The van der Waals surface area contributed by atoms with E-state index in [2.05, 4.69) is 10.4 Å². The molecule has 1 aromatic heterocycles. The van der Waals surface area contributed by atoms with Gasteiger partial charge in [-0.05, 0) is 37.1 Å². The number of hydrogen-bond acceptors (Lipinski definition) is 4. The quantitative estimate of drug-likeness (QED) is 0.450. The van der Waals surface area contributed by atoms with Gasteiger partial charge in [-0.25, -0.2) is 0 Å². The van der Waals surface area contributed by atoms with Crippen LogP contribution < -0.4 is 17.0 Å². The fourth-order valence-electron chi connectivity index (χ4n) is 1.26. The molecular formula is C9H16N4. The Kier molecular flexibility index (Phi) is 4.39. The lowest BCUT2D eigenvalue weighted by molar-refractivity contribution is 0.501. The summed E-state index contributed by atoms with van der Waals surface area (Å²) in [7, 11) is 0. The summed E-state index contributed by atoms with van der Waals surface area (Å²) in [6.07, 6.45) is 5.46. The average Bonchev–Trinajstić information content (AvgIpc) is 2.21. The van der Waals surface area contributed by atoms with E-state index >= 15 is 0 Å². The van der Waals surface area contributed by atoms with Crippen molar-refractivity contribution in [3.05, 3.63) is 30.1 Å². The van der Waals surface area contributed by atoms with Gasteiger partial charge in [-0.15, -0.1) is 0 Å². The van der Waals surface area contributed by atoms with Crippen LogP contribution in [-0.2, 0) is 0 Å². The molecule has 1 aromatic rings. The molecule has 1 heterocycles. The van der Waals surface area contributed by atoms with Crippen LogP contribution in [0.2, 0.25) is 0 Å². The predicted octanol–water partition coefficient (Wildman–Crippen LogP) is 0.325. The maximum atomic E-state index is 5.43. The fourth-order valence-corrected chi connectivity index (χ4v) is 1.26. The summed E-state index contributed by atoms with van der Waals surface area (Å²) in [5.41, 5.74) is 9.36. The van der Waals surface area contributed by atoms with Crippen LogP contribution in [-0.4, -0.2) is 11.5 Å². The molecule has 13 heavy (non-hydrogen) atoms. The highest BCUT2D eigenvalue weighted by Crippen LogP contribution is 2.15. The first-order valence-electron chi connectivity index (χ1n) is 4.44. The second-order valence-electron chi connectivity index (χ2n) is 2.93. The molecule has 0 aliphatic carbocycles. The van der Waals surface area contributed by atoms with Crippen molar-refractivity contribution in [2.45, 2.75) is 18.9 Å². The minimum absolute atomic E-state index is 0.187. The monoisotopic (exact) mass is 180 g/mol. The van der Waals surface area contributed by atoms with E-state index in [4.69, 9.17) is 11.6 Å². The summed E-state index contributed by atoms with van der Waals surface area (Å²) in [6, 6.07) is 4.11. The van der Waals surface area contributed by atoms with Crippen LogP contribution in [0.4, 0.5) is 0 Å². The van der Waals surface area contributed by atoms with Crippen LogP contribution in [0.25, 0.3) is 0 Å². The van der Waals surface area contributed by atoms with Gasteiger partial charge in [-0.1, -0.05) is 0 Å². The molecule has 1 rings (SSSR count). The molecule has 0 radical (unpaired) electrons. The Morgan fingerprint density at radius 1 is 1.38 bits per heavy atom. The number of rotatable bonds is 5. The van der Waals surface area contributed by atoms with Gasteiger partial charge in [0.1, 0.15) is 0 Å². The molecule has 4 nitrogen and oxygen atoms in total. The maximum absolute atomic E-state index is 5.43. The first-order valence-corrected chi connectivity index (χ1v) is 4.44. The standard InChI is InChI=1S/C9H16N4/c10-5-1-2-9(13-11)8-3-6-12-7-4-8/h3-4,6-7,9,13H,1-2,5,10-11H2/t9-/m1/s1. The number of hydrazine groups is 1. The zero-order valence-electron chi connectivity index (χ0n) is 7.61. The molecule has 0 aromatic carbocycles. The highest BCUT2D eigenvalue weighted by Gasteiger charge is 2.07. The summed E-state index contributed by atoms with van der Waals surface area (Å²) < 4.78 is 0. The molecule has 72 valence electrons. The van der Waals surface area contributed by atoms with Gasteiger partial charge >= 0.3 is 0 Å². The van der Waals surface area contributed by atoms with Crippen molar-refractivity contribution in [3.63, 3.8) is 0 Å². The van der Waals surface area contributed by atoms with Crippen molar-refractivity contribution < 1.29 is 0 Å². The van der Waals surface area contributed by atoms with Crippen LogP contribution in [0.3, 0.4) is 0 Å². The van der Waals surface area contributed by atoms with E-state index in [1.165, 1.54) is 0 Å². The van der Waals surface area contributed by atoms with E-state index in [1.54, 1.807) is 12.4 Å². The Bertz CT molecular complexity index is 224. The normalized spacial score (nSPS) is 12.8. The second kappa shape index (κ2) is 5.64. The molecule has 0 aliphatic heterocycles. The van der Waals surface area contributed by atoms with E-state index in [0.29, 0.717) is 6.54 Å². The molecule has 4 heteroatoms. The first kappa shape index (κ1) is 10.1. The third kappa shape index (κ3) is 3.10. The smallest absolute Gasteiger partial charge is 0.0461 e. The summed E-state index contributed by atoms with van der Waals surface area (Å²) in [6.45, 7) is 0.698. The topological polar surface area (TPSA) is 77.0 Å². The Morgan fingerprint density at radius 2 is 2.08 bits per heavy atom. The van der Waals surface area contributed by atoms with E-state index in [0.717, 1.165) is 18.4 Å². The maximum Gasteiger partial charge on any atom is 0.0461 e. The molecule has 5 N–H and O–H groups in total. The third-order valence-electron chi connectivity index (χ3n) is 2.01. The number of nitrogens with one attached hydrogen (secondary N) is 1. The molecular weight excluding hydrogens is 164 g/mol. The number of nitrogens with two attached hydrogens (primary N) is 2. The Balaban J connectivity index is 2.56. The highest BCUT2D eigenvalue weighted by molar-refractivity contribution is 5.14. The van der Waals surface area contributed by atoms with Crippen LogP contribution >= 0.6 is 0 Å². The van der Waals surface area contributed by atoms with Gasteiger partial charge in [0.25, 0.3) is 0 Å². The molecule has 0 fully saturated rings. The summed E-state index contributed by atoms with van der Waals surface area (Å²) in [5.74, 6) is 5.43. The van der Waals surface area contributed by atoms with Crippen LogP contribution in [0.15, 0.2) is 24.5 Å². The average molecular weight is 180 g/mol. The van der Waals surface area contributed by atoms with Crippen LogP contribution in [0, 0.1) is 0 Å². The minimum atomic E-state index is 0.187. The SMILES string of the molecule is NCCC[C@@H](NN)c1ccncc1. The summed E-state index contributed by atoms with van der Waals surface area (Å²) in [5, 5.41) is 0. The predicted molar refractivity (Wildman–Crippen MR) is 52.6 cm³/mol. The van der Waals surface area contributed by atoms with Gasteiger partial charge in [0, 0.05) is 18.4 Å². The lowest BCUT2D eigenvalue weighted by atomic mass is 10.0. The van der Waals surface area contributed by atoms with Gasteiger partial charge in [0.2, 0.25) is 0 Å². The summed E-state index contributed by atoms with van der Waals surface area (Å²) in [4.78, 5) is 3.95. The Hall–Kier alpha value is -0.970. The van der Waals surface area contributed by atoms with Crippen molar-refractivity contribution in [3.8, 4) is 0 Å². The van der Waals surface area contributed by atoms with Crippen molar-refractivity contribution in [1.29, 1.82) is 0 Å². The van der Waals surface area contributed by atoms with Crippen LogP contribution in [0.1, 0.15) is 24.4 Å². The van der Waals surface area contributed by atoms with Crippen molar-refractivity contribution in [2.24, 2.45) is 11.6 Å². The zero-order chi connectivity index (χ0) is 9.52. The third-order valence-corrected chi connectivity index (χ3v) is 2.01. The lowest BCUT2D eigenvalue weighted by Gasteiger charge is -2.15. The first-order chi connectivity index (χ1) is 6.38. The van der Waals surface area contributed by atoms with Crippen molar-refractivity contribution >= 4 is 0 Å². The van der Waals surface area contributed by atoms with Crippen molar-refractivity contribution in [1.82, 2.24) is 10.4 Å². The number of aromatic nitrogens is 1. The molecule has 0 spiro atoms. The summed E-state index contributed by atoms with van der Waals surface area (Å²) >= 11 is 0. The fraction of sp³-hybridized carbons (Fsp3) is 0.444. The molecule has 1 atom stereocenters. The van der Waals surface area contributed by atoms with Gasteiger partial charge < -0.3 is 5.73 Å². The van der Waals surface area contributed by atoms with E-state index in [1.807, 2.05) is 12.1 Å². The number of pyridine rings is 1. The lowest BCUT2D eigenvalue weighted by Crippen LogP contribution is -2.28. The van der Waals surface area contributed by atoms with Crippen molar-refractivity contribution in [2.75, 3.05) is 6.54 Å². The molecule has 0 saturated carbocycles. The van der Waals surface area contributed by atoms with Gasteiger partial charge in [-0.3, -0.25) is 16.3 Å². The molecule has 0 saturated heterocycles. The van der Waals surface area contributed by atoms with Gasteiger partial charge in [0.15, 0.2) is 0 Å². The van der Waals surface area contributed by atoms with Gasteiger partial charge in [0.05, 0.1) is 0 Å². The Labute approximate surface area is 78.3 Å². The molecule has 0 amide bonds. The zero-order valence-corrected chi connectivity index (χ0v) is 7.61. The Morgan fingerprint density at radius 3 is 2.62 bits per heavy atom. The number of hydrogen-bond donors (Lipinski definition) is 3. The minimum Gasteiger partial charge on any atom is -0.330 e. The van der Waals surface area contributed by atoms with Gasteiger partial charge in [-0.2, -0.15) is 0 Å². The molecule has 0 bridgehead atoms. The van der Waals surface area contributed by atoms with E-state index < -0.39 is 0 Å². The largest absolute Gasteiger partial charge is 0.330 e. The second-order valence-corrected chi connectivity index (χ2v) is 2.93. The number of nitrogens with zero attached hydrogens (tertiary/aromatic N) is 1. The van der Waals surface area contributed by atoms with Crippen LogP contribution in [0.5, 0.6) is 0 Å².